The third-order valence-electron chi connectivity index (χ3n) is 5.33. The number of rotatable bonds is 4. The van der Waals surface area contributed by atoms with Crippen LogP contribution in [-0.4, -0.2) is 34.4 Å². The molecule has 31 heavy (non-hydrogen) atoms. The van der Waals surface area contributed by atoms with Crippen molar-refractivity contribution in [3.63, 3.8) is 0 Å². The lowest BCUT2D eigenvalue weighted by molar-refractivity contribution is 0.431. The molecule has 1 aromatic carbocycles. The van der Waals surface area contributed by atoms with Crippen LogP contribution in [-0.2, 0) is 20.5 Å². The lowest BCUT2D eigenvalue weighted by Gasteiger charge is -2.14. The van der Waals surface area contributed by atoms with Crippen molar-refractivity contribution in [1.82, 2.24) is 23.1 Å². The Balaban J connectivity index is 2.27. The Bertz CT molecular complexity index is 1510. The molecule has 4 rings (SSSR count). The zero-order chi connectivity index (χ0) is 22.6. The molecule has 3 aromatic heterocycles. The van der Waals surface area contributed by atoms with Gasteiger partial charge in [-0.25, -0.2) is 13.8 Å². The van der Waals surface area contributed by atoms with E-state index in [2.05, 4.69) is 4.98 Å². The Labute approximate surface area is 181 Å². The summed E-state index contributed by atoms with van der Waals surface area (Å²) in [6.45, 7) is 3.88. The Morgan fingerprint density at radius 3 is 2.26 bits per heavy atom. The van der Waals surface area contributed by atoms with E-state index in [1.165, 1.54) is 27.6 Å². The van der Waals surface area contributed by atoms with Crippen LogP contribution >= 0.6 is 11.8 Å². The number of aromatic hydroxyl groups is 1. The number of thioether (sulfide) groups is 1. The van der Waals surface area contributed by atoms with Gasteiger partial charge in [0.25, 0.3) is 11.1 Å². The van der Waals surface area contributed by atoms with Crippen molar-refractivity contribution in [1.29, 1.82) is 0 Å². The molecule has 0 bridgehead atoms. The maximum atomic E-state index is 13.5. The molecule has 0 amide bonds. The lowest BCUT2D eigenvalue weighted by atomic mass is 10.1. The minimum Gasteiger partial charge on any atom is -0.494 e. The molecule has 0 spiro atoms. The molecule has 0 saturated carbocycles. The standard InChI is InChI=1S/C21H23N5O4S/c1-11(2)10-14-17(27)25(12-6-8-13(31-5)9-7-12)20-22-16-15(26(20)18(14)28)19(29)24(4)21(30)23(16)3/h6-9,11,28H,10H2,1-5H3. The van der Waals surface area contributed by atoms with Gasteiger partial charge in [-0.15, -0.1) is 11.8 Å². The summed E-state index contributed by atoms with van der Waals surface area (Å²) < 4.78 is 4.85. The van der Waals surface area contributed by atoms with Crippen molar-refractivity contribution >= 4 is 28.7 Å². The number of imidazole rings is 1. The second kappa shape index (κ2) is 7.45. The highest BCUT2D eigenvalue weighted by molar-refractivity contribution is 7.98. The van der Waals surface area contributed by atoms with E-state index in [0.29, 0.717) is 12.1 Å². The Kier molecular flexibility index (Phi) is 5.04. The van der Waals surface area contributed by atoms with Gasteiger partial charge < -0.3 is 5.11 Å². The Morgan fingerprint density at radius 1 is 1.03 bits per heavy atom. The van der Waals surface area contributed by atoms with Gasteiger partial charge in [-0.2, -0.15) is 4.98 Å². The van der Waals surface area contributed by atoms with Crippen LogP contribution in [0.4, 0.5) is 0 Å². The monoisotopic (exact) mass is 441 g/mol. The van der Waals surface area contributed by atoms with Gasteiger partial charge in [-0.05, 0) is 42.9 Å². The molecule has 162 valence electrons. The van der Waals surface area contributed by atoms with Gasteiger partial charge >= 0.3 is 5.69 Å². The minimum atomic E-state index is -0.598. The summed E-state index contributed by atoms with van der Waals surface area (Å²) in [6.07, 6.45) is 2.27. The molecular formula is C21H23N5O4S. The molecule has 0 fully saturated rings. The van der Waals surface area contributed by atoms with Crippen LogP contribution in [0.3, 0.4) is 0 Å². The summed E-state index contributed by atoms with van der Waals surface area (Å²) in [7, 11) is 2.87. The number of hydrogen-bond acceptors (Lipinski definition) is 6. The second-order valence-corrected chi connectivity index (χ2v) is 8.74. The van der Waals surface area contributed by atoms with Crippen LogP contribution < -0.4 is 16.8 Å². The third kappa shape index (κ3) is 3.09. The van der Waals surface area contributed by atoms with Crippen LogP contribution in [0.5, 0.6) is 5.88 Å². The van der Waals surface area contributed by atoms with Gasteiger partial charge in [0.2, 0.25) is 11.7 Å². The zero-order valence-corrected chi connectivity index (χ0v) is 18.7. The number of aromatic nitrogens is 5. The van der Waals surface area contributed by atoms with Crippen LogP contribution in [0, 0.1) is 5.92 Å². The van der Waals surface area contributed by atoms with Crippen molar-refractivity contribution in [2.45, 2.75) is 25.2 Å². The zero-order valence-electron chi connectivity index (χ0n) is 17.9. The van der Waals surface area contributed by atoms with Gasteiger partial charge in [0, 0.05) is 19.0 Å². The maximum Gasteiger partial charge on any atom is 0.332 e. The average Bonchev–Trinajstić information content (AvgIpc) is 3.14. The van der Waals surface area contributed by atoms with Crippen molar-refractivity contribution in [2.24, 2.45) is 20.0 Å². The topological polar surface area (TPSA) is 104 Å². The fourth-order valence-electron chi connectivity index (χ4n) is 3.74. The first-order valence-corrected chi connectivity index (χ1v) is 11.0. The van der Waals surface area contributed by atoms with E-state index in [9.17, 15) is 19.5 Å². The van der Waals surface area contributed by atoms with Crippen LogP contribution in [0.1, 0.15) is 19.4 Å². The van der Waals surface area contributed by atoms with E-state index < -0.39 is 16.8 Å². The Morgan fingerprint density at radius 2 is 1.68 bits per heavy atom. The molecule has 0 aliphatic rings. The van der Waals surface area contributed by atoms with E-state index >= 15 is 0 Å². The molecule has 10 heteroatoms. The van der Waals surface area contributed by atoms with E-state index in [1.807, 2.05) is 32.2 Å². The SMILES string of the molecule is CSc1ccc(-n2c(=O)c(CC(C)C)c(O)n3c4c(=O)n(C)c(=O)n(C)c4nc23)cc1. The summed E-state index contributed by atoms with van der Waals surface area (Å²) in [6, 6.07) is 7.35. The van der Waals surface area contributed by atoms with Gasteiger partial charge in [0.05, 0.1) is 11.3 Å². The summed E-state index contributed by atoms with van der Waals surface area (Å²) >= 11 is 1.58. The average molecular weight is 442 g/mol. The van der Waals surface area contributed by atoms with Gasteiger partial charge in [0.1, 0.15) is 0 Å². The molecule has 9 nitrogen and oxygen atoms in total. The molecular weight excluding hydrogens is 418 g/mol. The number of nitrogens with zero attached hydrogens (tertiary/aromatic N) is 5. The van der Waals surface area contributed by atoms with E-state index in [4.69, 9.17) is 0 Å². The summed E-state index contributed by atoms with van der Waals surface area (Å²) in [5.41, 5.74) is -0.676. The maximum absolute atomic E-state index is 13.5. The van der Waals surface area contributed by atoms with E-state index in [1.54, 1.807) is 23.9 Å². The van der Waals surface area contributed by atoms with Crippen molar-refractivity contribution in [3.05, 3.63) is 61.0 Å². The first-order valence-electron chi connectivity index (χ1n) is 9.76. The molecule has 0 saturated heterocycles. The van der Waals surface area contributed by atoms with Gasteiger partial charge in [-0.1, -0.05) is 13.8 Å². The quantitative estimate of drug-likeness (QED) is 0.483. The van der Waals surface area contributed by atoms with Crippen LogP contribution in [0.2, 0.25) is 0 Å². The fourth-order valence-corrected chi connectivity index (χ4v) is 4.15. The smallest absolute Gasteiger partial charge is 0.332 e. The van der Waals surface area contributed by atoms with E-state index in [0.717, 1.165) is 9.46 Å². The second-order valence-electron chi connectivity index (χ2n) is 7.86. The van der Waals surface area contributed by atoms with Crippen molar-refractivity contribution in [3.8, 4) is 11.6 Å². The highest BCUT2D eigenvalue weighted by Crippen LogP contribution is 2.25. The van der Waals surface area contributed by atoms with Crippen molar-refractivity contribution < 1.29 is 5.11 Å². The molecule has 0 aliphatic carbocycles. The van der Waals surface area contributed by atoms with Crippen LogP contribution in [0.15, 0.2) is 43.5 Å². The number of benzene rings is 1. The molecule has 0 unspecified atom stereocenters. The predicted octanol–water partition coefficient (Wildman–Crippen LogP) is 1.66. The molecule has 0 aliphatic heterocycles. The first-order chi connectivity index (χ1) is 14.7. The summed E-state index contributed by atoms with van der Waals surface area (Å²) in [5.74, 6) is -0.172. The fraction of sp³-hybridized carbons (Fsp3) is 0.333. The largest absolute Gasteiger partial charge is 0.494 e. The summed E-state index contributed by atoms with van der Waals surface area (Å²) in [5, 5.41) is 11.1. The molecule has 3 heterocycles. The van der Waals surface area contributed by atoms with Gasteiger partial charge in [-0.3, -0.25) is 18.7 Å². The highest BCUT2D eigenvalue weighted by atomic mass is 32.2. The van der Waals surface area contributed by atoms with Crippen molar-refractivity contribution in [2.75, 3.05) is 6.26 Å². The molecule has 1 N–H and O–H groups in total. The number of fused-ring (bicyclic) bond motifs is 3. The Hall–Kier alpha value is -3.27. The lowest BCUT2D eigenvalue weighted by Crippen LogP contribution is -2.37. The number of aryl methyl sites for hydroxylation is 1. The molecule has 0 atom stereocenters. The normalized spacial score (nSPS) is 11.8. The van der Waals surface area contributed by atoms with E-state index in [-0.39, 0.29) is 34.3 Å². The predicted molar refractivity (Wildman–Crippen MR) is 121 cm³/mol. The summed E-state index contributed by atoms with van der Waals surface area (Å²) in [4.78, 5) is 44.3. The third-order valence-corrected chi connectivity index (χ3v) is 6.07. The minimum absolute atomic E-state index is 0.0385. The van der Waals surface area contributed by atoms with Crippen LogP contribution in [0.25, 0.3) is 22.6 Å². The highest BCUT2D eigenvalue weighted by Gasteiger charge is 2.25. The first kappa shape index (κ1) is 21.0. The van der Waals surface area contributed by atoms with Gasteiger partial charge in [0.15, 0.2) is 11.2 Å². The number of hydrogen-bond donors (Lipinski definition) is 1. The molecule has 4 aromatic rings. The molecule has 0 radical (unpaired) electrons.